The molecule has 1 heterocycles. The molecule has 0 spiro atoms. The third-order valence-electron chi connectivity index (χ3n) is 1.87. The van der Waals surface area contributed by atoms with Crippen LogP contribution in [0, 0.1) is 3.57 Å². The lowest BCUT2D eigenvalue weighted by molar-refractivity contribution is 1.16. The summed E-state index contributed by atoms with van der Waals surface area (Å²) in [5, 5.41) is 1.11. The normalized spacial score (nSPS) is 10.5. The van der Waals surface area contributed by atoms with Gasteiger partial charge in [0.2, 0.25) is 0 Å². The van der Waals surface area contributed by atoms with Crippen LogP contribution in [0.1, 0.15) is 0 Å². The zero-order valence-corrected chi connectivity index (χ0v) is 13.0. The van der Waals surface area contributed by atoms with Crippen LogP contribution in [0.5, 0.6) is 0 Å². The number of halogens is 4. The summed E-state index contributed by atoms with van der Waals surface area (Å²) in [6.07, 6.45) is 1.69. The SMILES string of the molecule is Clc1ccc(-c2ncc(I)c(Cl)n2)c(Br)c1. The summed E-state index contributed by atoms with van der Waals surface area (Å²) in [6, 6.07) is 5.44. The van der Waals surface area contributed by atoms with Gasteiger partial charge in [0.05, 0.1) is 3.57 Å². The molecule has 2 aromatic rings. The Morgan fingerprint density at radius 3 is 2.62 bits per heavy atom. The predicted octanol–water partition coefficient (Wildman–Crippen LogP) is 4.82. The van der Waals surface area contributed by atoms with Crippen molar-refractivity contribution in [2.24, 2.45) is 0 Å². The molecular weight excluding hydrogens is 426 g/mol. The topological polar surface area (TPSA) is 25.8 Å². The van der Waals surface area contributed by atoms with Crippen molar-refractivity contribution in [3.63, 3.8) is 0 Å². The van der Waals surface area contributed by atoms with Gasteiger partial charge in [-0.3, -0.25) is 0 Å². The van der Waals surface area contributed by atoms with Crippen LogP contribution in [0.4, 0.5) is 0 Å². The van der Waals surface area contributed by atoms with Crippen molar-refractivity contribution in [3.05, 3.63) is 42.6 Å². The van der Waals surface area contributed by atoms with E-state index in [1.807, 2.05) is 6.07 Å². The van der Waals surface area contributed by atoms with Gasteiger partial charge in [-0.1, -0.05) is 23.2 Å². The molecule has 0 bridgehead atoms. The van der Waals surface area contributed by atoms with E-state index in [0.29, 0.717) is 16.0 Å². The molecule has 0 N–H and O–H groups in total. The average Bonchev–Trinajstić information content (AvgIpc) is 2.22. The van der Waals surface area contributed by atoms with E-state index >= 15 is 0 Å². The standard InChI is InChI=1S/C10H4BrCl2IN2/c11-7-3-5(12)1-2-6(7)10-15-4-8(14)9(13)16-10/h1-4H. The van der Waals surface area contributed by atoms with Crippen molar-refractivity contribution in [2.75, 3.05) is 0 Å². The molecule has 0 aliphatic carbocycles. The maximum absolute atomic E-state index is 5.95. The Morgan fingerprint density at radius 2 is 2.00 bits per heavy atom. The van der Waals surface area contributed by atoms with Crippen molar-refractivity contribution >= 4 is 61.7 Å². The van der Waals surface area contributed by atoms with Gasteiger partial charge in [0.15, 0.2) is 5.82 Å². The fraction of sp³-hybridized carbons (Fsp3) is 0. The Balaban J connectivity index is 2.54. The third kappa shape index (κ3) is 2.67. The lowest BCUT2D eigenvalue weighted by Crippen LogP contribution is -1.92. The van der Waals surface area contributed by atoms with Gasteiger partial charge < -0.3 is 0 Å². The smallest absolute Gasteiger partial charge is 0.162 e. The van der Waals surface area contributed by atoms with Gasteiger partial charge in [0.1, 0.15) is 5.15 Å². The molecular formula is C10H4BrCl2IN2. The van der Waals surface area contributed by atoms with Gasteiger partial charge in [0, 0.05) is 21.3 Å². The summed E-state index contributed by atoms with van der Waals surface area (Å²) in [4.78, 5) is 8.43. The minimum atomic E-state index is 0.451. The Hall–Kier alpha value is 0.0900. The van der Waals surface area contributed by atoms with E-state index in [1.54, 1.807) is 18.3 Å². The molecule has 2 nitrogen and oxygen atoms in total. The first-order valence-corrected chi connectivity index (χ1v) is 6.84. The number of hydrogen-bond donors (Lipinski definition) is 0. The highest BCUT2D eigenvalue weighted by molar-refractivity contribution is 14.1. The number of nitrogens with zero attached hydrogens (tertiary/aromatic N) is 2. The van der Waals surface area contributed by atoms with Gasteiger partial charge in [-0.05, 0) is 56.7 Å². The maximum atomic E-state index is 5.95. The summed E-state index contributed by atoms with van der Waals surface area (Å²) in [5.41, 5.74) is 0.864. The second kappa shape index (κ2) is 5.16. The highest BCUT2D eigenvalue weighted by atomic mass is 127. The fourth-order valence-corrected chi connectivity index (χ4v) is 2.40. The molecule has 82 valence electrons. The minimum Gasteiger partial charge on any atom is -0.235 e. The molecule has 0 saturated heterocycles. The number of aromatic nitrogens is 2. The van der Waals surface area contributed by atoms with E-state index in [1.165, 1.54) is 0 Å². The van der Waals surface area contributed by atoms with Gasteiger partial charge in [-0.15, -0.1) is 0 Å². The first-order valence-electron chi connectivity index (χ1n) is 4.21. The maximum Gasteiger partial charge on any atom is 0.162 e. The van der Waals surface area contributed by atoms with Crippen LogP contribution in [0.2, 0.25) is 10.2 Å². The Bertz CT molecular complexity index is 548. The first kappa shape index (κ1) is 12.5. The summed E-state index contributed by atoms with van der Waals surface area (Å²) in [5.74, 6) is 0.578. The second-order valence-corrected chi connectivity index (χ2v) is 5.77. The molecule has 0 aliphatic heterocycles. The Kier molecular flexibility index (Phi) is 4.05. The van der Waals surface area contributed by atoms with Crippen LogP contribution in [0.15, 0.2) is 28.9 Å². The van der Waals surface area contributed by atoms with Crippen molar-refractivity contribution in [2.45, 2.75) is 0 Å². The van der Waals surface area contributed by atoms with Gasteiger partial charge >= 0.3 is 0 Å². The lowest BCUT2D eigenvalue weighted by atomic mass is 10.2. The zero-order chi connectivity index (χ0) is 11.7. The molecule has 0 saturated carbocycles. The van der Waals surface area contributed by atoms with Crippen LogP contribution in [-0.2, 0) is 0 Å². The molecule has 6 heteroatoms. The summed E-state index contributed by atoms with van der Waals surface area (Å²) in [6.45, 7) is 0. The predicted molar refractivity (Wildman–Crippen MR) is 77.9 cm³/mol. The molecule has 0 amide bonds. The summed E-state index contributed by atoms with van der Waals surface area (Å²) >= 11 is 17.3. The molecule has 0 atom stereocenters. The molecule has 0 fully saturated rings. The summed E-state index contributed by atoms with van der Waals surface area (Å²) in [7, 11) is 0. The van der Waals surface area contributed by atoms with Crippen molar-refractivity contribution in [1.29, 1.82) is 0 Å². The van der Waals surface area contributed by atoms with Crippen LogP contribution >= 0.6 is 61.7 Å². The van der Waals surface area contributed by atoms with Crippen molar-refractivity contribution in [1.82, 2.24) is 9.97 Å². The Morgan fingerprint density at radius 1 is 1.25 bits per heavy atom. The van der Waals surface area contributed by atoms with E-state index in [0.717, 1.165) is 13.6 Å². The molecule has 0 unspecified atom stereocenters. The Labute approximate surface area is 125 Å². The molecule has 0 aliphatic rings. The molecule has 1 aromatic carbocycles. The minimum absolute atomic E-state index is 0.451. The molecule has 2 rings (SSSR count). The molecule has 0 radical (unpaired) electrons. The highest BCUT2D eigenvalue weighted by Gasteiger charge is 2.08. The van der Waals surface area contributed by atoms with Gasteiger partial charge in [-0.25, -0.2) is 9.97 Å². The van der Waals surface area contributed by atoms with Crippen LogP contribution < -0.4 is 0 Å². The molecule has 16 heavy (non-hydrogen) atoms. The lowest BCUT2D eigenvalue weighted by Gasteiger charge is -2.04. The quantitative estimate of drug-likeness (QED) is 0.480. The first-order chi connectivity index (χ1) is 7.58. The van der Waals surface area contributed by atoms with Crippen LogP contribution in [0.25, 0.3) is 11.4 Å². The van der Waals surface area contributed by atoms with E-state index in [2.05, 4.69) is 48.5 Å². The number of benzene rings is 1. The van der Waals surface area contributed by atoms with E-state index in [-0.39, 0.29) is 0 Å². The summed E-state index contributed by atoms with van der Waals surface area (Å²) < 4.78 is 1.67. The van der Waals surface area contributed by atoms with Gasteiger partial charge in [0.25, 0.3) is 0 Å². The fourth-order valence-electron chi connectivity index (χ4n) is 1.15. The number of hydrogen-bond acceptors (Lipinski definition) is 2. The third-order valence-corrected chi connectivity index (χ3v) is 4.16. The van der Waals surface area contributed by atoms with Crippen LogP contribution in [0.3, 0.4) is 0 Å². The van der Waals surface area contributed by atoms with Crippen LogP contribution in [-0.4, -0.2) is 9.97 Å². The monoisotopic (exact) mass is 428 g/mol. The number of rotatable bonds is 1. The largest absolute Gasteiger partial charge is 0.235 e. The average molecular weight is 430 g/mol. The van der Waals surface area contributed by atoms with Crippen molar-refractivity contribution in [3.8, 4) is 11.4 Å². The zero-order valence-electron chi connectivity index (χ0n) is 7.72. The van der Waals surface area contributed by atoms with E-state index < -0.39 is 0 Å². The van der Waals surface area contributed by atoms with Crippen molar-refractivity contribution < 1.29 is 0 Å². The highest BCUT2D eigenvalue weighted by Crippen LogP contribution is 2.29. The second-order valence-electron chi connectivity index (χ2n) is 2.96. The van der Waals surface area contributed by atoms with E-state index in [4.69, 9.17) is 23.2 Å². The molecule has 1 aromatic heterocycles. The van der Waals surface area contributed by atoms with E-state index in [9.17, 15) is 0 Å². The van der Waals surface area contributed by atoms with Gasteiger partial charge in [-0.2, -0.15) is 0 Å².